The molecule has 2 rings (SSSR count). The molecular formula is C27H36F3N3O4S. The number of rotatable bonds is 11. The van der Waals surface area contributed by atoms with Crippen molar-refractivity contribution in [2.45, 2.75) is 79.4 Å². The molecule has 2 aromatic rings. The Hall–Kier alpha value is -3.21. The summed E-state index contributed by atoms with van der Waals surface area (Å²) in [6.07, 6.45) is 0.131. The Kier molecular flexibility index (Phi) is 13.7. The Morgan fingerprint density at radius 2 is 1.82 bits per heavy atom. The summed E-state index contributed by atoms with van der Waals surface area (Å²) in [6.45, 7) is 9.22. The topological polar surface area (TPSA) is 104 Å². The van der Waals surface area contributed by atoms with Crippen LogP contribution in [0.2, 0.25) is 0 Å². The molecule has 3 N–H and O–H groups in total. The summed E-state index contributed by atoms with van der Waals surface area (Å²) < 4.78 is 39.0. The Bertz CT molecular complexity index is 1100. The second-order valence-corrected chi connectivity index (χ2v) is 10.1. The zero-order valence-electron chi connectivity index (χ0n) is 22.4. The van der Waals surface area contributed by atoms with Gasteiger partial charge in [-0.3, -0.25) is 19.7 Å². The van der Waals surface area contributed by atoms with Crippen LogP contribution in [0.4, 0.5) is 23.7 Å². The van der Waals surface area contributed by atoms with Crippen LogP contribution in [0.15, 0.2) is 23.6 Å². The molecule has 4 amide bonds. The first-order chi connectivity index (χ1) is 17.8. The zero-order valence-corrected chi connectivity index (χ0v) is 23.2. The van der Waals surface area contributed by atoms with Crippen LogP contribution in [-0.4, -0.2) is 24.1 Å². The molecule has 0 unspecified atom stereocenters. The fourth-order valence-electron chi connectivity index (χ4n) is 3.51. The van der Waals surface area contributed by atoms with Gasteiger partial charge in [0, 0.05) is 27.9 Å². The molecule has 0 fully saturated rings. The highest BCUT2D eigenvalue weighted by Gasteiger charge is 2.32. The molecule has 0 saturated carbocycles. The predicted octanol–water partition coefficient (Wildman–Crippen LogP) is 6.64. The lowest BCUT2D eigenvalue weighted by atomic mass is 9.98. The number of hydrogen-bond donors (Lipinski definition) is 3. The van der Waals surface area contributed by atoms with E-state index in [-0.39, 0.29) is 29.5 Å². The van der Waals surface area contributed by atoms with Crippen molar-refractivity contribution in [3.63, 3.8) is 0 Å². The third kappa shape index (κ3) is 11.5. The molecular weight excluding hydrogens is 519 g/mol. The summed E-state index contributed by atoms with van der Waals surface area (Å²) in [4.78, 5) is 45.1. The number of carbonyl (C=O) groups is 4. The number of urea groups is 1. The van der Waals surface area contributed by atoms with Crippen molar-refractivity contribution in [3.8, 4) is 0 Å². The lowest BCUT2D eigenvalue weighted by Crippen LogP contribution is -2.28. The minimum atomic E-state index is -4.48. The summed E-state index contributed by atoms with van der Waals surface area (Å²) in [7, 11) is 0. The van der Waals surface area contributed by atoms with Gasteiger partial charge in [-0.2, -0.15) is 13.2 Å². The average molecular weight is 556 g/mol. The molecule has 1 aromatic heterocycles. The number of unbranched alkanes of at least 4 members (excludes halogenated alkanes) is 2. The van der Waals surface area contributed by atoms with Gasteiger partial charge in [0.1, 0.15) is 0 Å². The van der Waals surface area contributed by atoms with Crippen LogP contribution in [0.5, 0.6) is 0 Å². The summed E-state index contributed by atoms with van der Waals surface area (Å²) in [5.74, 6) is 0.138. The van der Waals surface area contributed by atoms with Crippen LogP contribution in [0, 0.1) is 12.8 Å². The zero-order chi connectivity index (χ0) is 28.9. The van der Waals surface area contributed by atoms with Gasteiger partial charge >= 0.3 is 12.2 Å². The number of alkyl halides is 3. The fraction of sp³-hybridized carbons (Fsp3) is 0.481. The molecule has 0 aliphatic rings. The number of Topliss-reactive ketones (excluding diaryl/α,β-unsaturated/α-hetero) is 1. The number of benzene rings is 1. The number of amides is 4. The maximum absolute atomic E-state index is 13.0. The molecule has 7 nitrogen and oxygen atoms in total. The number of hydrogen-bond acceptors (Lipinski definition) is 5. The second kappa shape index (κ2) is 15.9. The van der Waals surface area contributed by atoms with E-state index in [1.165, 1.54) is 37.3 Å². The summed E-state index contributed by atoms with van der Waals surface area (Å²) in [5.41, 5.74) is 0.946. The maximum Gasteiger partial charge on any atom is 0.416 e. The first-order valence-electron chi connectivity index (χ1n) is 12.4. The molecule has 1 heterocycles. The number of carbonyl (C=O) groups excluding carboxylic acids is 4. The minimum absolute atomic E-state index is 0.0260. The maximum atomic E-state index is 13.0. The quantitative estimate of drug-likeness (QED) is 0.164. The van der Waals surface area contributed by atoms with Crippen LogP contribution >= 0.6 is 11.3 Å². The fourth-order valence-corrected chi connectivity index (χ4v) is 4.57. The monoisotopic (exact) mass is 555 g/mol. The van der Waals surface area contributed by atoms with Gasteiger partial charge in [-0.05, 0) is 55.9 Å². The Labute approximate surface area is 225 Å². The van der Waals surface area contributed by atoms with Crippen molar-refractivity contribution >= 4 is 41.2 Å². The summed E-state index contributed by atoms with van der Waals surface area (Å²) in [5, 5.41) is 8.95. The van der Waals surface area contributed by atoms with Gasteiger partial charge in [0.25, 0.3) is 0 Å². The van der Waals surface area contributed by atoms with Gasteiger partial charge in [-0.1, -0.05) is 39.7 Å². The van der Waals surface area contributed by atoms with E-state index in [0.717, 1.165) is 35.8 Å². The Morgan fingerprint density at radius 3 is 2.37 bits per heavy atom. The Balaban J connectivity index is 0.000000612. The molecule has 38 heavy (non-hydrogen) atoms. The normalized spacial score (nSPS) is 10.9. The predicted molar refractivity (Wildman–Crippen MR) is 143 cm³/mol. The van der Waals surface area contributed by atoms with E-state index in [0.29, 0.717) is 30.7 Å². The van der Waals surface area contributed by atoms with Gasteiger partial charge in [0.2, 0.25) is 12.3 Å². The van der Waals surface area contributed by atoms with Crippen LogP contribution in [-0.2, 0) is 28.7 Å². The molecule has 0 saturated heterocycles. The number of nitrogens with one attached hydrogen (secondary N) is 3. The van der Waals surface area contributed by atoms with Crippen LogP contribution < -0.4 is 16.0 Å². The van der Waals surface area contributed by atoms with Crippen LogP contribution in [0.1, 0.15) is 85.3 Å². The van der Waals surface area contributed by atoms with Gasteiger partial charge in [-0.25, -0.2) is 4.79 Å². The number of aryl methyl sites for hydroxylation is 1. The van der Waals surface area contributed by atoms with E-state index in [1.807, 2.05) is 13.8 Å². The smallest absolute Gasteiger partial charge is 0.333 e. The highest BCUT2D eigenvalue weighted by Crippen LogP contribution is 2.33. The van der Waals surface area contributed by atoms with Gasteiger partial charge in [-0.15, -0.1) is 11.3 Å². The summed E-state index contributed by atoms with van der Waals surface area (Å²) >= 11 is 1.39. The lowest BCUT2D eigenvalue weighted by molar-refractivity contribution is -0.138. The van der Waals surface area contributed by atoms with Gasteiger partial charge in [0.15, 0.2) is 5.78 Å². The molecule has 1 aromatic carbocycles. The molecule has 0 spiro atoms. The van der Waals surface area contributed by atoms with Crippen molar-refractivity contribution in [1.82, 2.24) is 10.6 Å². The highest BCUT2D eigenvalue weighted by molar-refractivity contribution is 7.10. The first kappa shape index (κ1) is 32.8. The SMILES string of the molecule is CC(=O)c1csc(CNC(=O)Nc2ccc(C)c(C(F)(F)F)c2)c1CC(C)C.CCCCCC(=O)NC=O. The number of anilines is 1. The van der Waals surface area contributed by atoms with E-state index < -0.39 is 17.8 Å². The van der Waals surface area contributed by atoms with Crippen molar-refractivity contribution in [2.75, 3.05) is 5.32 Å². The third-order valence-electron chi connectivity index (χ3n) is 5.41. The number of halogens is 3. The third-order valence-corrected chi connectivity index (χ3v) is 6.44. The number of thiophene rings is 1. The van der Waals surface area contributed by atoms with E-state index in [2.05, 4.69) is 22.9 Å². The number of imide groups is 1. The number of ketones is 1. The lowest BCUT2D eigenvalue weighted by Gasteiger charge is -2.13. The van der Waals surface area contributed by atoms with Crippen molar-refractivity contribution in [3.05, 3.63) is 50.7 Å². The molecule has 210 valence electrons. The van der Waals surface area contributed by atoms with Crippen LogP contribution in [0.3, 0.4) is 0 Å². The van der Waals surface area contributed by atoms with Gasteiger partial charge in [0.05, 0.1) is 12.1 Å². The van der Waals surface area contributed by atoms with Crippen LogP contribution in [0.25, 0.3) is 0 Å². The van der Waals surface area contributed by atoms with E-state index in [9.17, 15) is 32.3 Å². The molecule has 0 aliphatic heterocycles. The van der Waals surface area contributed by atoms with Crippen molar-refractivity contribution in [2.24, 2.45) is 5.92 Å². The molecule has 0 aliphatic carbocycles. The highest BCUT2D eigenvalue weighted by atomic mass is 32.1. The second-order valence-electron chi connectivity index (χ2n) is 9.18. The largest absolute Gasteiger partial charge is 0.416 e. The molecule has 0 atom stereocenters. The van der Waals surface area contributed by atoms with E-state index in [4.69, 9.17) is 0 Å². The van der Waals surface area contributed by atoms with Crippen molar-refractivity contribution in [1.29, 1.82) is 0 Å². The van der Waals surface area contributed by atoms with E-state index >= 15 is 0 Å². The van der Waals surface area contributed by atoms with Crippen molar-refractivity contribution < 1.29 is 32.3 Å². The standard InChI is InChI=1S/C20H23F3N2O2S.C7H13NO2/c1-11(2)7-15-16(13(4)26)10-28-18(15)9-24-19(27)25-14-6-5-12(3)17(8-14)20(21,22)23;1-2-3-4-5-7(10)8-6-9/h5-6,8,10-11H,7,9H2,1-4H3,(H2,24,25,27);6H,2-5H2,1H3,(H,8,9,10). The Morgan fingerprint density at radius 1 is 1.13 bits per heavy atom. The van der Waals surface area contributed by atoms with E-state index in [1.54, 1.807) is 5.38 Å². The summed E-state index contributed by atoms with van der Waals surface area (Å²) in [6, 6.07) is 3.05. The first-order valence-corrected chi connectivity index (χ1v) is 13.2. The molecule has 0 radical (unpaired) electrons. The molecule has 0 bridgehead atoms. The molecule has 11 heteroatoms. The average Bonchev–Trinajstić information content (AvgIpc) is 3.21. The minimum Gasteiger partial charge on any atom is -0.333 e. The van der Waals surface area contributed by atoms with Gasteiger partial charge < -0.3 is 10.6 Å².